The average molecular weight is 343 g/mol. The molecule has 1 saturated heterocycles. The zero-order valence-corrected chi connectivity index (χ0v) is 13.7. The van der Waals surface area contributed by atoms with Gasteiger partial charge in [0.2, 0.25) is 5.91 Å². The zero-order valence-electron chi connectivity index (χ0n) is 13.7. The third-order valence-corrected chi connectivity index (χ3v) is 4.07. The van der Waals surface area contributed by atoms with Gasteiger partial charge >= 0.3 is 6.03 Å². The zero-order chi connectivity index (χ0) is 18.1. The molecule has 1 fully saturated rings. The molecule has 3 N–H and O–H groups in total. The number of nitrogens with one attached hydrogen (secondary N) is 3. The molecule has 1 aliphatic rings. The monoisotopic (exact) mass is 343 g/mol. The van der Waals surface area contributed by atoms with Gasteiger partial charge in [0.15, 0.2) is 0 Å². The molecular formula is C16H17N5O4. The average Bonchev–Trinajstić information content (AvgIpc) is 2.99. The number of carbonyl (C=O) groups excluding carboxylic acids is 3. The predicted octanol–water partition coefficient (Wildman–Crippen LogP) is 0.0210. The Labute approximate surface area is 142 Å². The lowest BCUT2D eigenvalue weighted by atomic mass is 10.2. The van der Waals surface area contributed by atoms with Gasteiger partial charge in [-0.15, -0.1) is 0 Å². The number of anilines is 1. The SMILES string of the molecule is Cc1c(NC(=O)C[C@@H]2NC(=O)NC2=O)c(=O)n(-c2ccccc2)n1C. The van der Waals surface area contributed by atoms with E-state index in [0.29, 0.717) is 11.4 Å². The molecule has 0 spiro atoms. The van der Waals surface area contributed by atoms with Crippen LogP contribution in [0.25, 0.3) is 5.69 Å². The maximum Gasteiger partial charge on any atom is 0.322 e. The Balaban J connectivity index is 1.84. The van der Waals surface area contributed by atoms with Crippen LogP contribution in [0, 0.1) is 6.92 Å². The molecule has 1 atom stereocenters. The number of rotatable bonds is 4. The fraction of sp³-hybridized carbons (Fsp3) is 0.250. The van der Waals surface area contributed by atoms with Crippen LogP contribution in [-0.2, 0) is 16.6 Å². The fourth-order valence-electron chi connectivity index (χ4n) is 2.69. The smallest absolute Gasteiger partial charge is 0.322 e. The molecule has 9 nitrogen and oxygen atoms in total. The molecule has 2 heterocycles. The van der Waals surface area contributed by atoms with Gasteiger partial charge in [-0.05, 0) is 19.1 Å². The number of amides is 4. The molecule has 0 saturated carbocycles. The van der Waals surface area contributed by atoms with Gasteiger partial charge in [-0.2, -0.15) is 0 Å². The Morgan fingerprint density at radius 1 is 1.20 bits per heavy atom. The number of hydrogen-bond acceptors (Lipinski definition) is 4. The lowest BCUT2D eigenvalue weighted by Gasteiger charge is -2.07. The van der Waals surface area contributed by atoms with Gasteiger partial charge in [0.1, 0.15) is 11.7 Å². The van der Waals surface area contributed by atoms with Crippen molar-refractivity contribution in [2.45, 2.75) is 19.4 Å². The van der Waals surface area contributed by atoms with Crippen LogP contribution in [0.3, 0.4) is 0 Å². The summed E-state index contributed by atoms with van der Waals surface area (Å²) in [5.41, 5.74) is 1.00. The summed E-state index contributed by atoms with van der Waals surface area (Å²) in [4.78, 5) is 47.5. The standard InChI is InChI=1S/C16H17N5O4/c1-9-13(18-12(22)8-11-14(23)19-16(25)17-11)15(24)21(20(9)2)10-6-4-3-5-7-10/h3-7,11H,8H2,1-2H3,(H,18,22)(H2,17,19,23,25)/t11-/m0/s1. The summed E-state index contributed by atoms with van der Waals surface area (Å²) in [7, 11) is 1.71. The van der Waals surface area contributed by atoms with Crippen LogP contribution >= 0.6 is 0 Å². The van der Waals surface area contributed by atoms with E-state index in [0.717, 1.165) is 0 Å². The Hall–Kier alpha value is -3.36. The third kappa shape index (κ3) is 3.03. The normalized spacial score (nSPS) is 16.5. The van der Waals surface area contributed by atoms with Crippen molar-refractivity contribution in [2.75, 3.05) is 5.32 Å². The molecule has 0 unspecified atom stereocenters. The number of nitrogens with zero attached hydrogens (tertiary/aromatic N) is 2. The molecule has 2 aromatic rings. The van der Waals surface area contributed by atoms with Gasteiger partial charge in [-0.25, -0.2) is 9.48 Å². The van der Waals surface area contributed by atoms with E-state index in [9.17, 15) is 19.2 Å². The second-order valence-electron chi connectivity index (χ2n) is 5.70. The predicted molar refractivity (Wildman–Crippen MR) is 89.5 cm³/mol. The van der Waals surface area contributed by atoms with E-state index in [1.165, 1.54) is 4.68 Å². The first kappa shape index (κ1) is 16.5. The first-order valence-electron chi connectivity index (χ1n) is 7.63. The Kier molecular flexibility index (Phi) is 4.14. The van der Waals surface area contributed by atoms with Gasteiger partial charge in [-0.3, -0.25) is 24.4 Å². The molecule has 130 valence electrons. The highest BCUT2D eigenvalue weighted by molar-refractivity contribution is 6.06. The number of aromatic nitrogens is 2. The highest BCUT2D eigenvalue weighted by Crippen LogP contribution is 2.14. The van der Waals surface area contributed by atoms with Crippen molar-refractivity contribution < 1.29 is 14.4 Å². The lowest BCUT2D eigenvalue weighted by molar-refractivity contribution is -0.124. The van der Waals surface area contributed by atoms with Crippen molar-refractivity contribution in [3.8, 4) is 5.69 Å². The first-order chi connectivity index (χ1) is 11.9. The Morgan fingerprint density at radius 2 is 1.88 bits per heavy atom. The van der Waals surface area contributed by atoms with Crippen LogP contribution in [0.15, 0.2) is 35.1 Å². The molecule has 1 aromatic carbocycles. The van der Waals surface area contributed by atoms with E-state index in [2.05, 4.69) is 16.0 Å². The topological polar surface area (TPSA) is 114 Å². The van der Waals surface area contributed by atoms with Crippen LogP contribution in [0.1, 0.15) is 12.1 Å². The van der Waals surface area contributed by atoms with Gasteiger partial charge in [-0.1, -0.05) is 18.2 Å². The molecule has 4 amide bonds. The summed E-state index contributed by atoms with van der Waals surface area (Å²) in [5.74, 6) is -1.10. The second-order valence-corrected chi connectivity index (χ2v) is 5.70. The minimum Gasteiger partial charge on any atom is -0.325 e. The molecule has 0 radical (unpaired) electrons. The maximum atomic E-state index is 12.7. The van der Waals surface area contributed by atoms with Crippen LogP contribution < -0.4 is 21.5 Å². The molecule has 9 heteroatoms. The number of urea groups is 1. The van der Waals surface area contributed by atoms with Crippen molar-refractivity contribution in [2.24, 2.45) is 7.05 Å². The summed E-state index contributed by atoms with van der Waals surface area (Å²) in [6.07, 6.45) is -0.253. The number of hydrogen-bond donors (Lipinski definition) is 3. The fourth-order valence-corrected chi connectivity index (χ4v) is 2.69. The van der Waals surface area contributed by atoms with E-state index in [1.807, 2.05) is 18.2 Å². The van der Waals surface area contributed by atoms with Crippen molar-refractivity contribution in [1.82, 2.24) is 20.0 Å². The Bertz CT molecular complexity index is 913. The number of carbonyl (C=O) groups is 3. The molecule has 25 heavy (non-hydrogen) atoms. The Morgan fingerprint density at radius 3 is 2.48 bits per heavy atom. The largest absolute Gasteiger partial charge is 0.325 e. The van der Waals surface area contributed by atoms with Crippen LogP contribution in [-0.4, -0.2) is 33.3 Å². The van der Waals surface area contributed by atoms with Gasteiger partial charge in [0.25, 0.3) is 11.5 Å². The van der Waals surface area contributed by atoms with Crippen molar-refractivity contribution in [1.29, 1.82) is 0 Å². The van der Waals surface area contributed by atoms with Crippen molar-refractivity contribution in [3.63, 3.8) is 0 Å². The minimum atomic E-state index is -0.937. The van der Waals surface area contributed by atoms with Gasteiger partial charge in [0.05, 0.1) is 17.8 Å². The highest BCUT2D eigenvalue weighted by atomic mass is 16.2. The van der Waals surface area contributed by atoms with E-state index in [4.69, 9.17) is 0 Å². The van der Waals surface area contributed by atoms with Crippen LogP contribution in [0.5, 0.6) is 0 Å². The summed E-state index contributed by atoms with van der Waals surface area (Å²) >= 11 is 0. The van der Waals surface area contributed by atoms with Crippen LogP contribution in [0.2, 0.25) is 0 Å². The molecule has 1 aliphatic heterocycles. The summed E-state index contributed by atoms with van der Waals surface area (Å²) < 4.78 is 3.08. The molecule has 0 aliphatic carbocycles. The molecule has 0 bridgehead atoms. The third-order valence-electron chi connectivity index (χ3n) is 4.07. The van der Waals surface area contributed by atoms with Gasteiger partial charge < -0.3 is 10.6 Å². The van der Waals surface area contributed by atoms with E-state index >= 15 is 0 Å². The number of para-hydroxylation sites is 1. The number of benzene rings is 1. The highest BCUT2D eigenvalue weighted by Gasteiger charge is 2.31. The first-order valence-corrected chi connectivity index (χ1v) is 7.63. The summed E-state index contributed by atoms with van der Waals surface area (Å²) in [6, 6.07) is 7.45. The van der Waals surface area contributed by atoms with Crippen molar-refractivity contribution >= 4 is 23.5 Å². The lowest BCUT2D eigenvalue weighted by Crippen LogP contribution is -2.34. The molecular weight excluding hydrogens is 326 g/mol. The van der Waals surface area contributed by atoms with Gasteiger partial charge in [0, 0.05) is 7.05 Å². The molecule has 3 rings (SSSR count). The minimum absolute atomic E-state index is 0.140. The quantitative estimate of drug-likeness (QED) is 0.679. The number of imide groups is 1. The van der Waals surface area contributed by atoms with E-state index in [-0.39, 0.29) is 17.7 Å². The second kappa shape index (κ2) is 6.27. The van der Waals surface area contributed by atoms with E-state index in [1.54, 1.807) is 30.8 Å². The molecule has 1 aromatic heterocycles. The maximum absolute atomic E-state index is 12.7. The summed E-state index contributed by atoms with van der Waals surface area (Å²) in [5, 5.41) is 6.95. The van der Waals surface area contributed by atoms with Crippen LogP contribution in [0.4, 0.5) is 10.5 Å². The van der Waals surface area contributed by atoms with E-state index < -0.39 is 23.9 Å². The summed E-state index contributed by atoms with van der Waals surface area (Å²) in [6.45, 7) is 1.71. The van der Waals surface area contributed by atoms with Crippen molar-refractivity contribution in [3.05, 3.63) is 46.4 Å².